The fourth-order valence-corrected chi connectivity index (χ4v) is 5.42. The van der Waals surface area contributed by atoms with Crippen molar-refractivity contribution in [3.63, 3.8) is 0 Å². The van der Waals surface area contributed by atoms with E-state index in [9.17, 15) is 18.0 Å². The van der Waals surface area contributed by atoms with Gasteiger partial charge in [-0.2, -0.15) is 13.2 Å². The highest BCUT2D eigenvalue weighted by Gasteiger charge is 2.42. The van der Waals surface area contributed by atoms with E-state index in [1.54, 1.807) is 16.8 Å². The zero-order valence-electron chi connectivity index (χ0n) is 20.1. The number of aromatic nitrogens is 2. The third-order valence-electron chi connectivity index (χ3n) is 6.56. The summed E-state index contributed by atoms with van der Waals surface area (Å²) >= 11 is 1.16. The lowest BCUT2D eigenvalue weighted by molar-refractivity contribution is -0.174. The van der Waals surface area contributed by atoms with Crippen LogP contribution >= 0.6 is 11.3 Å². The number of carbonyl (C=O) groups excluding carboxylic acids is 1. The summed E-state index contributed by atoms with van der Waals surface area (Å²) in [7, 11) is 1.70. The first kappa shape index (κ1) is 25.5. The van der Waals surface area contributed by atoms with E-state index in [0.29, 0.717) is 29.5 Å². The van der Waals surface area contributed by atoms with Gasteiger partial charge in [0, 0.05) is 49.3 Å². The minimum Gasteiger partial charge on any atom is -0.361 e. The molecule has 1 fully saturated rings. The number of hydrogen-bond acceptors (Lipinski definition) is 5. The van der Waals surface area contributed by atoms with E-state index in [1.807, 2.05) is 24.4 Å². The second kappa shape index (κ2) is 11.0. The van der Waals surface area contributed by atoms with Gasteiger partial charge < -0.3 is 20.1 Å². The van der Waals surface area contributed by atoms with Crippen LogP contribution in [-0.2, 0) is 6.42 Å². The Hall–Kier alpha value is -2.59. The van der Waals surface area contributed by atoms with Crippen LogP contribution < -0.4 is 10.2 Å². The minimum atomic E-state index is -4.27. The number of halogens is 3. The van der Waals surface area contributed by atoms with Crippen LogP contribution in [0.1, 0.15) is 41.4 Å². The molecule has 0 saturated carbocycles. The SMILES string of the molecule is CCCCC(Cc1c[nH]c2ccccc12)NC(=O)c1cnc(N2CCN(C)CC(C(F)(F)F)C2)s1. The Morgan fingerprint density at radius 1 is 1.29 bits per heavy atom. The average Bonchev–Trinajstić information content (AvgIpc) is 3.41. The van der Waals surface area contributed by atoms with Gasteiger partial charge >= 0.3 is 6.18 Å². The number of likely N-dealkylation sites (N-methyl/N-ethyl adjacent to an activating group) is 1. The third-order valence-corrected chi connectivity index (χ3v) is 7.61. The Morgan fingerprint density at radius 2 is 2.09 bits per heavy atom. The maximum absolute atomic E-state index is 13.5. The summed E-state index contributed by atoms with van der Waals surface area (Å²) in [4.78, 5) is 24.5. The molecule has 1 amide bonds. The number of fused-ring (bicyclic) bond motifs is 1. The monoisotopic (exact) mass is 507 g/mol. The minimum absolute atomic E-state index is 0.0360. The number of H-pyrrole nitrogens is 1. The number of benzene rings is 1. The molecule has 10 heteroatoms. The Balaban J connectivity index is 1.46. The number of aromatic amines is 1. The highest BCUT2D eigenvalue weighted by atomic mass is 32.1. The van der Waals surface area contributed by atoms with Crippen molar-refractivity contribution in [1.82, 2.24) is 20.2 Å². The highest BCUT2D eigenvalue weighted by Crippen LogP contribution is 2.32. The molecule has 4 rings (SSSR count). The second-order valence-corrected chi connectivity index (χ2v) is 10.3. The van der Waals surface area contributed by atoms with Crippen LogP contribution in [0.3, 0.4) is 0 Å². The smallest absolute Gasteiger partial charge is 0.361 e. The Labute approximate surface area is 207 Å². The fourth-order valence-electron chi connectivity index (χ4n) is 4.57. The lowest BCUT2D eigenvalue weighted by atomic mass is 10.0. The van der Waals surface area contributed by atoms with Gasteiger partial charge in [0.25, 0.3) is 5.91 Å². The van der Waals surface area contributed by atoms with Gasteiger partial charge in [-0.1, -0.05) is 49.3 Å². The van der Waals surface area contributed by atoms with Gasteiger partial charge in [-0.3, -0.25) is 4.79 Å². The van der Waals surface area contributed by atoms with Crippen molar-refractivity contribution >= 4 is 33.3 Å². The lowest BCUT2D eigenvalue weighted by Crippen LogP contribution is -2.38. The number of unbranched alkanes of at least 4 members (excludes halogenated alkanes) is 1. The fraction of sp³-hybridized carbons (Fsp3) is 0.520. The number of amides is 1. The molecule has 1 aliphatic heterocycles. The van der Waals surface area contributed by atoms with Crippen LogP contribution in [-0.4, -0.2) is 66.2 Å². The molecule has 6 nitrogen and oxygen atoms in total. The van der Waals surface area contributed by atoms with E-state index in [1.165, 1.54) is 6.20 Å². The van der Waals surface area contributed by atoms with Crippen molar-refractivity contribution in [2.24, 2.45) is 5.92 Å². The number of thiazole rings is 1. The number of nitrogens with one attached hydrogen (secondary N) is 2. The molecule has 1 aliphatic rings. The molecule has 0 radical (unpaired) electrons. The maximum Gasteiger partial charge on any atom is 0.394 e. The van der Waals surface area contributed by atoms with E-state index >= 15 is 0 Å². The predicted octanol–water partition coefficient (Wildman–Crippen LogP) is 5.09. The molecule has 2 aromatic heterocycles. The molecule has 2 atom stereocenters. The molecule has 0 aliphatic carbocycles. The maximum atomic E-state index is 13.5. The van der Waals surface area contributed by atoms with E-state index in [0.717, 1.165) is 47.1 Å². The number of hydrogen-bond donors (Lipinski definition) is 2. The number of nitrogens with zero attached hydrogens (tertiary/aromatic N) is 3. The standard InChI is InChI=1S/C25H32F3N5OS/c1-3-4-7-19(12-17-13-29-21-9-6-5-8-20(17)21)31-23(34)22-14-30-24(35-22)33-11-10-32(2)15-18(16-33)25(26,27)28/h5-6,8-9,13-14,18-19,29H,3-4,7,10-12,15-16H2,1-2H3,(H,31,34). The first-order valence-corrected chi connectivity index (χ1v) is 12.9. The molecule has 2 unspecified atom stereocenters. The van der Waals surface area contributed by atoms with Gasteiger partial charge in [0.1, 0.15) is 4.88 Å². The molecule has 190 valence electrons. The normalized spacial score (nSPS) is 18.5. The van der Waals surface area contributed by atoms with Crippen molar-refractivity contribution in [2.45, 2.75) is 44.8 Å². The average molecular weight is 508 g/mol. The van der Waals surface area contributed by atoms with Crippen molar-refractivity contribution in [2.75, 3.05) is 38.1 Å². The summed E-state index contributed by atoms with van der Waals surface area (Å²) in [5.41, 5.74) is 2.22. The van der Waals surface area contributed by atoms with Gasteiger partial charge in [-0.05, 0) is 31.5 Å². The van der Waals surface area contributed by atoms with E-state index < -0.39 is 12.1 Å². The van der Waals surface area contributed by atoms with Crippen molar-refractivity contribution in [1.29, 1.82) is 0 Å². The molecule has 0 spiro atoms. The predicted molar refractivity (Wildman–Crippen MR) is 134 cm³/mol. The second-order valence-electron chi connectivity index (χ2n) is 9.33. The number of rotatable bonds is 8. The largest absolute Gasteiger partial charge is 0.394 e. The van der Waals surface area contributed by atoms with E-state index in [-0.39, 0.29) is 25.0 Å². The van der Waals surface area contributed by atoms with Gasteiger partial charge in [0.05, 0.1) is 12.1 Å². The van der Waals surface area contributed by atoms with Crippen molar-refractivity contribution in [3.05, 3.63) is 47.1 Å². The summed E-state index contributed by atoms with van der Waals surface area (Å²) in [6.07, 6.45) is 2.76. The zero-order valence-corrected chi connectivity index (χ0v) is 20.9. The van der Waals surface area contributed by atoms with Crippen LogP contribution in [0.2, 0.25) is 0 Å². The summed E-state index contributed by atoms with van der Waals surface area (Å²) in [5.74, 6) is -1.68. The topological polar surface area (TPSA) is 64.3 Å². The number of alkyl halides is 3. The summed E-state index contributed by atoms with van der Waals surface area (Å²) < 4.78 is 40.4. The van der Waals surface area contributed by atoms with E-state index in [4.69, 9.17) is 0 Å². The molecule has 35 heavy (non-hydrogen) atoms. The molecular formula is C25H32F3N5OS. The van der Waals surface area contributed by atoms with Crippen molar-refractivity contribution < 1.29 is 18.0 Å². The van der Waals surface area contributed by atoms with Crippen LogP contribution in [0, 0.1) is 5.92 Å². The molecule has 3 heterocycles. The van der Waals surface area contributed by atoms with Gasteiger partial charge in [0.2, 0.25) is 0 Å². The number of para-hydroxylation sites is 1. The van der Waals surface area contributed by atoms with Crippen LogP contribution in [0.4, 0.5) is 18.3 Å². The summed E-state index contributed by atoms with van der Waals surface area (Å²) in [6.45, 7) is 2.88. The molecule has 2 N–H and O–H groups in total. The quantitative estimate of drug-likeness (QED) is 0.446. The highest BCUT2D eigenvalue weighted by molar-refractivity contribution is 7.17. The Kier molecular flexibility index (Phi) is 8.01. The first-order chi connectivity index (χ1) is 16.7. The third kappa shape index (κ3) is 6.35. The lowest BCUT2D eigenvalue weighted by Gasteiger charge is -2.25. The van der Waals surface area contributed by atoms with Gasteiger partial charge in [0.15, 0.2) is 5.13 Å². The van der Waals surface area contributed by atoms with Crippen LogP contribution in [0.25, 0.3) is 10.9 Å². The first-order valence-electron chi connectivity index (χ1n) is 12.1. The van der Waals surface area contributed by atoms with Crippen molar-refractivity contribution in [3.8, 4) is 0 Å². The molecule has 1 saturated heterocycles. The summed E-state index contributed by atoms with van der Waals surface area (Å²) in [6, 6.07) is 8.04. The van der Waals surface area contributed by atoms with Crippen LogP contribution in [0.5, 0.6) is 0 Å². The number of anilines is 1. The molecule has 3 aromatic rings. The molecule has 0 bridgehead atoms. The Bertz CT molecular complexity index is 1130. The van der Waals surface area contributed by atoms with Crippen LogP contribution in [0.15, 0.2) is 36.7 Å². The molecular weight excluding hydrogens is 475 g/mol. The van der Waals surface area contributed by atoms with E-state index in [2.05, 4.69) is 28.3 Å². The zero-order chi connectivity index (χ0) is 25.0. The molecule has 1 aromatic carbocycles. The van der Waals surface area contributed by atoms with Gasteiger partial charge in [-0.15, -0.1) is 0 Å². The summed E-state index contributed by atoms with van der Waals surface area (Å²) in [5, 5.41) is 4.76. The number of carbonyl (C=O) groups is 1. The Morgan fingerprint density at radius 3 is 2.86 bits per heavy atom. The van der Waals surface area contributed by atoms with Gasteiger partial charge in [-0.25, -0.2) is 4.98 Å².